The first-order chi connectivity index (χ1) is 6.82. The molecule has 1 saturated heterocycles. The second-order valence-electron chi connectivity index (χ2n) is 4.12. The molecule has 90 valence electrons. The fourth-order valence-corrected chi connectivity index (χ4v) is 2.67. The molecule has 15 heavy (non-hydrogen) atoms. The molecule has 0 atom stereocenters. The smallest absolute Gasteiger partial charge is 0.281 e. The molecule has 0 aromatic heterocycles. The molecule has 6 nitrogen and oxygen atoms in total. The molecule has 1 aliphatic rings. The zero-order chi connectivity index (χ0) is 11.7. The fraction of sp³-hybridized carbons (Fsp3) is 1.00. The molecular weight excluding hydrogens is 218 g/mol. The summed E-state index contributed by atoms with van der Waals surface area (Å²) in [5, 5.41) is 9.84. The van der Waals surface area contributed by atoms with Gasteiger partial charge in [-0.05, 0) is 12.8 Å². The number of piperidine rings is 1. The minimum atomic E-state index is -3.34. The molecular formula is C8H19N3O3S. The highest BCUT2D eigenvalue weighted by Crippen LogP contribution is 2.23. The average molecular weight is 237 g/mol. The molecule has 1 rings (SSSR count). The average Bonchev–Trinajstić information content (AvgIpc) is 2.18. The summed E-state index contributed by atoms with van der Waals surface area (Å²) >= 11 is 0. The maximum Gasteiger partial charge on any atom is 0.281 e. The van der Waals surface area contributed by atoms with Crippen molar-refractivity contribution in [2.24, 2.45) is 5.73 Å². The van der Waals surface area contributed by atoms with E-state index >= 15 is 0 Å². The number of nitrogens with zero attached hydrogens (tertiary/aromatic N) is 2. The van der Waals surface area contributed by atoms with Crippen LogP contribution >= 0.6 is 0 Å². The monoisotopic (exact) mass is 237 g/mol. The van der Waals surface area contributed by atoms with Crippen LogP contribution in [0.5, 0.6) is 0 Å². The minimum absolute atomic E-state index is 0.183. The number of nitrogens with two attached hydrogens (primary N) is 1. The summed E-state index contributed by atoms with van der Waals surface area (Å²) in [5.74, 6) is 0. The van der Waals surface area contributed by atoms with Crippen molar-refractivity contribution in [3.63, 3.8) is 0 Å². The standard InChI is InChI=1S/C8H19N3O3S/c1-10(2)15(13,14)11-5-3-8(12,7-9)4-6-11/h12H,3-7,9H2,1-2H3. The minimum Gasteiger partial charge on any atom is -0.388 e. The summed E-state index contributed by atoms with van der Waals surface area (Å²) in [4.78, 5) is 0. The van der Waals surface area contributed by atoms with Gasteiger partial charge in [0.15, 0.2) is 0 Å². The van der Waals surface area contributed by atoms with Crippen LogP contribution in [0.4, 0.5) is 0 Å². The van der Waals surface area contributed by atoms with E-state index in [4.69, 9.17) is 5.73 Å². The van der Waals surface area contributed by atoms with Gasteiger partial charge >= 0.3 is 0 Å². The van der Waals surface area contributed by atoms with Crippen molar-refractivity contribution in [2.75, 3.05) is 33.7 Å². The molecule has 1 heterocycles. The van der Waals surface area contributed by atoms with Crippen molar-refractivity contribution in [2.45, 2.75) is 18.4 Å². The van der Waals surface area contributed by atoms with Gasteiger partial charge in [-0.25, -0.2) is 0 Å². The van der Waals surface area contributed by atoms with E-state index in [-0.39, 0.29) is 6.54 Å². The van der Waals surface area contributed by atoms with Crippen molar-refractivity contribution < 1.29 is 13.5 Å². The third-order valence-corrected chi connectivity index (χ3v) is 4.76. The van der Waals surface area contributed by atoms with E-state index in [9.17, 15) is 13.5 Å². The Kier molecular flexibility index (Phi) is 3.72. The molecule has 1 fully saturated rings. The molecule has 0 saturated carbocycles. The van der Waals surface area contributed by atoms with Gasteiger partial charge in [-0.1, -0.05) is 0 Å². The van der Waals surface area contributed by atoms with Crippen molar-refractivity contribution in [3.05, 3.63) is 0 Å². The predicted molar refractivity (Wildman–Crippen MR) is 57.4 cm³/mol. The maximum absolute atomic E-state index is 11.7. The Labute approximate surface area is 90.8 Å². The van der Waals surface area contributed by atoms with Crippen LogP contribution in [0, 0.1) is 0 Å². The summed E-state index contributed by atoms with van der Waals surface area (Å²) in [6.45, 7) is 0.839. The Balaban J connectivity index is 2.66. The Hall–Kier alpha value is -0.210. The topological polar surface area (TPSA) is 86.9 Å². The first-order valence-corrected chi connectivity index (χ1v) is 6.31. The third-order valence-electron chi connectivity index (χ3n) is 2.82. The van der Waals surface area contributed by atoms with E-state index in [2.05, 4.69) is 0 Å². The second kappa shape index (κ2) is 4.34. The van der Waals surface area contributed by atoms with Crippen molar-refractivity contribution in [1.82, 2.24) is 8.61 Å². The van der Waals surface area contributed by atoms with E-state index < -0.39 is 15.8 Å². The lowest BCUT2D eigenvalue weighted by molar-refractivity contribution is 0.00270. The molecule has 0 unspecified atom stereocenters. The van der Waals surface area contributed by atoms with Gasteiger partial charge in [0.05, 0.1) is 5.60 Å². The van der Waals surface area contributed by atoms with Gasteiger partial charge in [-0.15, -0.1) is 0 Å². The molecule has 3 N–H and O–H groups in total. The largest absolute Gasteiger partial charge is 0.388 e. The lowest BCUT2D eigenvalue weighted by atomic mass is 9.93. The molecule has 0 aromatic rings. The molecule has 0 amide bonds. The van der Waals surface area contributed by atoms with Gasteiger partial charge in [0, 0.05) is 33.7 Å². The van der Waals surface area contributed by atoms with Gasteiger partial charge in [0.1, 0.15) is 0 Å². The second-order valence-corrected chi connectivity index (χ2v) is 6.26. The lowest BCUT2D eigenvalue weighted by Crippen LogP contribution is -2.52. The lowest BCUT2D eigenvalue weighted by Gasteiger charge is -2.37. The molecule has 0 aromatic carbocycles. The summed E-state index contributed by atoms with van der Waals surface area (Å²) < 4.78 is 26.0. The Morgan fingerprint density at radius 2 is 1.87 bits per heavy atom. The van der Waals surface area contributed by atoms with Crippen LogP contribution in [0.1, 0.15) is 12.8 Å². The molecule has 1 aliphatic heterocycles. The van der Waals surface area contributed by atoms with Crippen molar-refractivity contribution in [3.8, 4) is 0 Å². The molecule has 0 radical (unpaired) electrons. The first-order valence-electron chi connectivity index (χ1n) is 4.92. The predicted octanol–water partition coefficient (Wildman–Crippen LogP) is -1.42. The fourth-order valence-electron chi connectivity index (χ4n) is 1.57. The summed E-state index contributed by atoms with van der Waals surface area (Å²) in [7, 11) is -0.345. The van der Waals surface area contributed by atoms with E-state index in [0.717, 1.165) is 0 Å². The van der Waals surface area contributed by atoms with Gasteiger partial charge in [-0.2, -0.15) is 17.0 Å². The van der Waals surface area contributed by atoms with E-state index in [0.29, 0.717) is 25.9 Å². The van der Waals surface area contributed by atoms with E-state index in [1.807, 2.05) is 0 Å². The summed E-state index contributed by atoms with van der Waals surface area (Å²) in [6.07, 6.45) is 0.799. The van der Waals surface area contributed by atoms with Crippen LogP contribution in [0.2, 0.25) is 0 Å². The van der Waals surface area contributed by atoms with Crippen LogP contribution < -0.4 is 5.73 Å². The zero-order valence-electron chi connectivity index (χ0n) is 9.18. The first kappa shape index (κ1) is 12.9. The molecule has 0 spiro atoms. The normalized spacial score (nSPS) is 23.3. The Morgan fingerprint density at radius 3 is 2.20 bits per heavy atom. The zero-order valence-corrected chi connectivity index (χ0v) is 10.00. The van der Waals surface area contributed by atoms with Gasteiger partial charge in [0.25, 0.3) is 10.2 Å². The third kappa shape index (κ3) is 2.67. The highest BCUT2D eigenvalue weighted by atomic mass is 32.2. The number of aliphatic hydroxyl groups is 1. The van der Waals surface area contributed by atoms with Crippen LogP contribution in [0.25, 0.3) is 0 Å². The Morgan fingerprint density at radius 1 is 1.40 bits per heavy atom. The molecule has 0 bridgehead atoms. The maximum atomic E-state index is 11.7. The molecule has 0 aliphatic carbocycles. The van der Waals surface area contributed by atoms with Crippen LogP contribution in [0.15, 0.2) is 0 Å². The highest BCUT2D eigenvalue weighted by molar-refractivity contribution is 7.86. The van der Waals surface area contributed by atoms with E-state index in [1.54, 1.807) is 0 Å². The van der Waals surface area contributed by atoms with E-state index in [1.165, 1.54) is 22.7 Å². The van der Waals surface area contributed by atoms with Gasteiger partial charge in [0.2, 0.25) is 0 Å². The van der Waals surface area contributed by atoms with Crippen LogP contribution in [-0.2, 0) is 10.2 Å². The van der Waals surface area contributed by atoms with Crippen molar-refractivity contribution in [1.29, 1.82) is 0 Å². The Bertz CT molecular complexity index is 307. The van der Waals surface area contributed by atoms with Crippen molar-refractivity contribution >= 4 is 10.2 Å². The number of hydrogen-bond acceptors (Lipinski definition) is 4. The number of hydrogen-bond donors (Lipinski definition) is 2. The summed E-state index contributed by atoms with van der Waals surface area (Å²) in [6, 6.07) is 0. The van der Waals surface area contributed by atoms with Gasteiger partial charge in [-0.3, -0.25) is 0 Å². The van der Waals surface area contributed by atoms with Crippen LogP contribution in [-0.4, -0.2) is 61.5 Å². The quantitative estimate of drug-likeness (QED) is 0.630. The highest BCUT2D eigenvalue weighted by Gasteiger charge is 2.36. The van der Waals surface area contributed by atoms with Crippen LogP contribution in [0.3, 0.4) is 0 Å². The SMILES string of the molecule is CN(C)S(=O)(=O)N1CCC(O)(CN)CC1. The molecule has 7 heteroatoms. The number of rotatable bonds is 3. The van der Waals surface area contributed by atoms with Gasteiger partial charge < -0.3 is 10.8 Å². The summed E-state index contributed by atoms with van der Waals surface area (Å²) in [5.41, 5.74) is 4.53.